The maximum Gasteiger partial charge on any atom is 0.342 e. The summed E-state index contributed by atoms with van der Waals surface area (Å²) < 4.78 is 63.2. The minimum Gasteiger partial charge on any atom is -0.258 e. The first-order valence-electron chi connectivity index (χ1n) is 6.22. The first-order chi connectivity index (χ1) is 9.91. The van der Waals surface area contributed by atoms with Gasteiger partial charge in [-0.3, -0.25) is 4.68 Å². The molecule has 2 heterocycles. The Hall–Kier alpha value is -1.83. The molecule has 2 atom stereocenters. The Morgan fingerprint density at radius 1 is 1.24 bits per heavy atom. The molecule has 1 aromatic heterocycles. The van der Waals surface area contributed by atoms with Gasteiger partial charge in [-0.05, 0) is 5.56 Å². The van der Waals surface area contributed by atoms with Gasteiger partial charge >= 0.3 is 5.76 Å². The molecule has 1 aliphatic heterocycles. The molecule has 0 spiro atoms. The van der Waals surface area contributed by atoms with Crippen LogP contribution in [0.3, 0.4) is 0 Å². The summed E-state index contributed by atoms with van der Waals surface area (Å²) >= 11 is 0. The first kappa shape index (κ1) is 14.1. The van der Waals surface area contributed by atoms with Gasteiger partial charge in [-0.1, -0.05) is 30.3 Å². The highest BCUT2D eigenvalue weighted by Gasteiger charge is 2.38. The summed E-state index contributed by atoms with van der Waals surface area (Å²) in [4.78, 5) is 0. The standard InChI is InChI=1S/C13H11F3N2O2S/c14-9-6-10(8-4-2-1-3-5-8)18-11(9)7-12(17-18)21(19,20)13(15)16/h1-5,7,9-10,13H,6H2. The fourth-order valence-electron chi connectivity index (χ4n) is 2.47. The van der Waals surface area contributed by atoms with Gasteiger partial charge in [0.1, 0.15) is 6.17 Å². The molecule has 0 radical (unpaired) electrons. The number of hydrogen-bond donors (Lipinski definition) is 0. The second-order valence-electron chi connectivity index (χ2n) is 4.79. The highest BCUT2D eigenvalue weighted by Crippen LogP contribution is 2.41. The molecule has 0 aliphatic carbocycles. The number of halogens is 3. The van der Waals surface area contributed by atoms with Gasteiger partial charge in [0.25, 0.3) is 9.84 Å². The molecule has 0 amide bonds. The van der Waals surface area contributed by atoms with Crippen LogP contribution in [0.25, 0.3) is 0 Å². The third-order valence-corrected chi connectivity index (χ3v) is 4.75. The zero-order valence-corrected chi connectivity index (χ0v) is 11.5. The highest BCUT2D eigenvalue weighted by atomic mass is 32.2. The monoisotopic (exact) mass is 316 g/mol. The van der Waals surface area contributed by atoms with E-state index in [1.54, 1.807) is 30.3 Å². The fraction of sp³-hybridized carbons (Fsp3) is 0.308. The molecule has 0 bridgehead atoms. The molecule has 21 heavy (non-hydrogen) atoms. The van der Waals surface area contributed by atoms with Gasteiger partial charge in [-0.15, -0.1) is 0 Å². The number of alkyl halides is 3. The summed E-state index contributed by atoms with van der Waals surface area (Å²) in [6.45, 7) is 0. The Labute approximate surface area is 119 Å². The maximum absolute atomic E-state index is 14.0. The zero-order chi connectivity index (χ0) is 15.2. The van der Waals surface area contributed by atoms with Crippen molar-refractivity contribution in [3.63, 3.8) is 0 Å². The van der Waals surface area contributed by atoms with Crippen LogP contribution >= 0.6 is 0 Å². The smallest absolute Gasteiger partial charge is 0.258 e. The topological polar surface area (TPSA) is 52.0 Å². The number of nitrogens with zero attached hydrogens (tertiary/aromatic N) is 2. The summed E-state index contributed by atoms with van der Waals surface area (Å²) in [6, 6.07) is 9.25. The Bertz CT molecular complexity index is 759. The van der Waals surface area contributed by atoms with Crippen molar-refractivity contribution >= 4 is 9.84 Å². The molecule has 0 N–H and O–H groups in total. The average molecular weight is 316 g/mol. The second kappa shape index (κ2) is 4.87. The third-order valence-electron chi connectivity index (χ3n) is 3.50. The van der Waals surface area contributed by atoms with Crippen molar-refractivity contribution in [1.82, 2.24) is 9.78 Å². The van der Waals surface area contributed by atoms with E-state index in [4.69, 9.17) is 0 Å². The van der Waals surface area contributed by atoms with Gasteiger partial charge in [0.2, 0.25) is 0 Å². The zero-order valence-electron chi connectivity index (χ0n) is 10.7. The number of rotatable bonds is 3. The Morgan fingerprint density at radius 3 is 2.52 bits per heavy atom. The van der Waals surface area contributed by atoms with Gasteiger partial charge in [0, 0.05) is 12.5 Å². The van der Waals surface area contributed by atoms with Crippen LogP contribution in [-0.2, 0) is 9.84 Å². The third kappa shape index (κ3) is 2.23. The number of hydrogen-bond acceptors (Lipinski definition) is 3. The molecule has 0 saturated heterocycles. The van der Waals surface area contributed by atoms with E-state index in [2.05, 4.69) is 5.10 Å². The minimum absolute atomic E-state index is 0.0167. The lowest BCUT2D eigenvalue weighted by atomic mass is 10.0. The lowest BCUT2D eigenvalue weighted by molar-refractivity contribution is 0.234. The number of benzene rings is 1. The SMILES string of the molecule is O=S(=O)(c1cc2n(n1)C(c1ccccc1)CC2F)C(F)F. The van der Waals surface area contributed by atoms with Gasteiger partial charge in [-0.25, -0.2) is 12.8 Å². The van der Waals surface area contributed by atoms with Crippen LogP contribution in [0.4, 0.5) is 13.2 Å². The highest BCUT2D eigenvalue weighted by molar-refractivity contribution is 7.91. The molecular weight excluding hydrogens is 305 g/mol. The van der Waals surface area contributed by atoms with Crippen molar-refractivity contribution in [2.75, 3.05) is 0 Å². The predicted molar refractivity (Wildman–Crippen MR) is 68.5 cm³/mol. The van der Waals surface area contributed by atoms with Crippen molar-refractivity contribution < 1.29 is 21.6 Å². The van der Waals surface area contributed by atoms with Crippen LogP contribution in [-0.4, -0.2) is 24.0 Å². The molecule has 2 aromatic rings. The van der Waals surface area contributed by atoms with Gasteiger partial charge in [0.05, 0.1) is 11.7 Å². The van der Waals surface area contributed by atoms with E-state index in [-0.39, 0.29) is 12.1 Å². The van der Waals surface area contributed by atoms with Crippen molar-refractivity contribution in [2.45, 2.75) is 29.4 Å². The lowest BCUT2D eigenvalue weighted by Gasteiger charge is -2.12. The molecular formula is C13H11F3N2O2S. The van der Waals surface area contributed by atoms with Crippen molar-refractivity contribution in [3.05, 3.63) is 47.7 Å². The van der Waals surface area contributed by atoms with Crippen LogP contribution in [0.1, 0.15) is 29.9 Å². The Morgan fingerprint density at radius 2 is 1.90 bits per heavy atom. The average Bonchev–Trinajstić information content (AvgIpc) is 3.01. The molecule has 1 aromatic carbocycles. The largest absolute Gasteiger partial charge is 0.342 e. The van der Waals surface area contributed by atoms with E-state index in [0.717, 1.165) is 11.6 Å². The summed E-state index contributed by atoms with van der Waals surface area (Å²) in [7, 11) is -4.82. The molecule has 0 saturated carbocycles. The number of sulfone groups is 1. The van der Waals surface area contributed by atoms with E-state index in [9.17, 15) is 21.6 Å². The summed E-state index contributed by atoms with van der Waals surface area (Å²) in [6.07, 6.45) is -1.31. The molecule has 112 valence electrons. The molecule has 0 fully saturated rings. The predicted octanol–water partition coefficient (Wildman–Crippen LogP) is 2.88. The summed E-state index contributed by atoms with van der Waals surface area (Å²) in [5.74, 6) is -3.57. The van der Waals surface area contributed by atoms with E-state index in [0.29, 0.717) is 0 Å². The summed E-state index contributed by atoms with van der Waals surface area (Å²) in [5.41, 5.74) is 0.770. The number of fused-ring (bicyclic) bond motifs is 1. The van der Waals surface area contributed by atoms with Crippen LogP contribution < -0.4 is 0 Å². The van der Waals surface area contributed by atoms with E-state index in [1.165, 1.54) is 4.68 Å². The fourth-order valence-corrected chi connectivity index (χ4v) is 3.14. The van der Waals surface area contributed by atoms with E-state index < -0.39 is 32.8 Å². The Balaban J connectivity index is 2.07. The maximum atomic E-state index is 14.0. The normalized spacial score (nSPS) is 21.7. The van der Waals surface area contributed by atoms with Crippen LogP contribution in [0, 0.1) is 0 Å². The quantitative estimate of drug-likeness (QED) is 0.875. The lowest BCUT2D eigenvalue weighted by Crippen LogP contribution is -2.14. The molecule has 4 nitrogen and oxygen atoms in total. The molecule has 1 aliphatic rings. The number of aromatic nitrogens is 2. The van der Waals surface area contributed by atoms with Crippen LogP contribution in [0.2, 0.25) is 0 Å². The molecule has 2 unspecified atom stereocenters. The Kier molecular flexibility index (Phi) is 3.27. The summed E-state index contributed by atoms with van der Waals surface area (Å²) in [5, 5.41) is 2.92. The molecule has 3 rings (SSSR count). The van der Waals surface area contributed by atoms with E-state index >= 15 is 0 Å². The van der Waals surface area contributed by atoms with Crippen molar-refractivity contribution in [2.24, 2.45) is 0 Å². The van der Waals surface area contributed by atoms with Gasteiger partial charge in [-0.2, -0.15) is 13.9 Å². The van der Waals surface area contributed by atoms with Crippen molar-refractivity contribution in [1.29, 1.82) is 0 Å². The first-order valence-corrected chi connectivity index (χ1v) is 7.76. The van der Waals surface area contributed by atoms with Gasteiger partial charge < -0.3 is 0 Å². The van der Waals surface area contributed by atoms with Crippen LogP contribution in [0.15, 0.2) is 41.4 Å². The van der Waals surface area contributed by atoms with Crippen LogP contribution in [0.5, 0.6) is 0 Å². The van der Waals surface area contributed by atoms with E-state index in [1.807, 2.05) is 0 Å². The second-order valence-corrected chi connectivity index (χ2v) is 6.65. The molecule has 8 heteroatoms. The van der Waals surface area contributed by atoms with Gasteiger partial charge in [0.15, 0.2) is 5.03 Å². The van der Waals surface area contributed by atoms with Crippen molar-refractivity contribution in [3.8, 4) is 0 Å². The minimum atomic E-state index is -4.82.